The molecule has 1 atom stereocenters. The standard InChI is InChI=1S/C22H25N5O3/c1-2-30-19-8-5-17(6-9-19)21(28)24-18-7-10-20-25-27(22(29)26(20)13-11-18)15-16-4-3-12-23-14-16/h3-6,8-9,12,14,18H,2,7,10-11,13,15H2,1H3,(H,24,28). The quantitative estimate of drug-likeness (QED) is 0.675. The smallest absolute Gasteiger partial charge is 0.346 e. The molecule has 4 rings (SSSR count). The monoisotopic (exact) mass is 407 g/mol. The Balaban J connectivity index is 1.38. The van der Waals surface area contributed by atoms with E-state index < -0.39 is 0 Å². The minimum absolute atomic E-state index is 0.00283. The summed E-state index contributed by atoms with van der Waals surface area (Å²) in [7, 11) is 0. The van der Waals surface area contributed by atoms with Gasteiger partial charge in [0.1, 0.15) is 11.6 Å². The molecule has 3 heterocycles. The fourth-order valence-corrected chi connectivity index (χ4v) is 3.68. The van der Waals surface area contributed by atoms with Gasteiger partial charge in [0.05, 0.1) is 13.2 Å². The number of aryl methyl sites for hydroxylation is 1. The summed E-state index contributed by atoms with van der Waals surface area (Å²) in [5.74, 6) is 1.40. The first-order chi connectivity index (χ1) is 14.6. The number of nitrogens with zero attached hydrogens (tertiary/aromatic N) is 4. The van der Waals surface area contributed by atoms with E-state index in [0.717, 1.165) is 23.6 Å². The van der Waals surface area contributed by atoms with Crippen LogP contribution in [0.4, 0.5) is 0 Å². The molecule has 156 valence electrons. The largest absolute Gasteiger partial charge is 0.494 e. The first-order valence-corrected chi connectivity index (χ1v) is 10.2. The predicted molar refractivity (Wildman–Crippen MR) is 112 cm³/mol. The molecule has 8 heteroatoms. The maximum absolute atomic E-state index is 12.8. The van der Waals surface area contributed by atoms with Gasteiger partial charge in [0.2, 0.25) is 0 Å². The van der Waals surface area contributed by atoms with Crippen molar-refractivity contribution in [3.63, 3.8) is 0 Å². The van der Waals surface area contributed by atoms with Gasteiger partial charge in [-0.15, -0.1) is 0 Å². The number of carbonyl (C=O) groups is 1. The average Bonchev–Trinajstić information content (AvgIpc) is 2.92. The molecule has 0 spiro atoms. The van der Waals surface area contributed by atoms with E-state index in [1.165, 1.54) is 4.68 Å². The lowest BCUT2D eigenvalue weighted by molar-refractivity contribution is 0.0933. The van der Waals surface area contributed by atoms with Crippen molar-refractivity contribution in [2.24, 2.45) is 0 Å². The summed E-state index contributed by atoms with van der Waals surface area (Å²) in [4.78, 5) is 29.4. The summed E-state index contributed by atoms with van der Waals surface area (Å²) < 4.78 is 8.63. The molecule has 0 radical (unpaired) electrons. The number of pyridine rings is 1. The van der Waals surface area contributed by atoms with Crippen molar-refractivity contribution in [3.8, 4) is 5.75 Å². The number of hydrogen-bond donors (Lipinski definition) is 1. The Kier molecular flexibility index (Phi) is 5.92. The molecule has 1 aliphatic rings. The number of rotatable bonds is 6. The molecule has 0 saturated carbocycles. The minimum Gasteiger partial charge on any atom is -0.494 e. The van der Waals surface area contributed by atoms with Gasteiger partial charge in [-0.05, 0) is 55.7 Å². The van der Waals surface area contributed by atoms with Crippen molar-refractivity contribution < 1.29 is 9.53 Å². The number of hydrogen-bond acceptors (Lipinski definition) is 5. The number of carbonyl (C=O) groups excluding carboxylic acids is 1. The number of nitrogens with one attached hydrogen (secondary N) is 1. The molecule has 0 fully saturated rings. The summed E-state index contributed by atoms with van der Waals surface area (Å²) in [5, 5.41) is 7.60. The van der Waals surface area contributed by atoms with E-state index in [4.69, 9.17) is 4.74 Å². The maximum atomic E-state index is 12.8. The van der Waals surface area contributed by atoms with Crippen LogP contribution in [0.2, 0.25) is 0 Å². The Bertz CT molecular complexity index is 1060. The van der Waals surface area contributed by atoms with Crippen LogP contribution >= 0.6 is 0 Å². The van der Waals surface area contributed by atoms with E-state index in [9.17, 15) is 9.59 Å². The fourth-order valence-electron chi connectivity index (χ4n) is 3.68. The molecule has 8 nitrogen and oxygen atoms in total. The van der Waals surface area contributed by atoms with Crippen LogP contribution in [0.5, 0.6) is 5.75 Å². The summed E-state index contributed by atoms with van der Waals surface area (Å²) in [5.41, 5.74) is 1.42. The average molecular weight is 407 g/mol. The van der Waals surface area contributed by atoms with Crippen molar-refractivity contribution in [2.45, 2.75) is 45.3 Å². The summed E-state index contributed by atoms with van der Waals surface area (Å²) in [6.45, 7) is 3.46. The molecule has 1 aliphatic heterocycles. The van der Waals surface area contributed by atoms with E-state index in [1.807, 2.05) is 19.1 Å². The molecule has 1 amide bonds. The Morgan fingerprint density at radius 3 is 2.80 bits per heavy atom. The molecule has 0 aliphatic carbocycles. The van der Waals surface area contributed by atoms with E-state index in [1.54, 1.807) is 41.2 Å². The summed E-state index contributed by atoms with van der Waals surface area (Å²) in [6, 6.07) is 10.9. The van der Waals surface area contributed by atoms with Gasteiger partial charge < -0.3 is 10.1 Å². The van der Waals surface area contributed by atoms with Crippen molar-refractivity contribution in [1.82, 2.24) is 24.6 Å². The van der Waals surface area contributed by atoms with Crippen LogP contribution in [0.1, 0.15) is 41.5 Å². The molecule has 1 N–H and O–H groups in total. The highest BCUT2D eigenvalue weighted by Gasteiger charge is 2.22. The van der Waals surface area contributed by atoms with Crippen LogP contribution in [-0.2, 0) is 19.5 Å². The van der Waals surface area contributed by atoms with Gasteiger partial charge in [0.15, 0.2) is 0 Å². The van der Waals surface area contributed by atoms with Gasteiger partial charge in [-0.1, -0.05) is 6.07 Å². The van der Waals surface area contributed by atoms with Gasteiger partial charge in [-0.2, -0.15) is 5.10 Å². The zero-order chi connectivity index (χ0) is 20.9. The second-order valence-corrected chi connectivity index (χ2v) is 7.32. The Hall–Kier alpha value is -3.42. The zero-order valence-corrected chi connectivity index (χ0v) is 17.0. The predicted octanol–water partition coefficient (Wildman–Crippen LogP) is 2.02. The lowest BCUT2D eigenvalue weighted by atomic mass is 10.1. The van der Waals surface area contributed by atoms with Crippen LogP contribution in [0.25, 0.3) is 0 Å². The second kappa shape index (κ2) is 8.94. The molecule has 3 aromatic rings. The molecular weight excluding hydrogens is 382 g/mol. The Morgan fingerprint density at radius 2 is 2.07 bits per heavy atom. The van der Waals surface area contributed by atoms with Crippen LogP contribution in [-0.4, -0.2) is 37.9 Å². The molecule has 1 aromatic carbocycles. The lowest BCUT2D eigenvalue weighted by Crippen LogP contribution is -2.35. The van der Waals surface area contributed by atoms with Gasteiger partial charge in [-0.3, -0.25) is 14.3 Å². The minimum atomic E-state index is -0.118. The lowest BCUT2D eigenvalue weighted by Gasteiger charge is -2.16. The first-order valence-electron chi connectivity index (χ1n) is 10.2. The molecule has 0 bridgehead atoms. The van der Waals surface area contributed by atoms with Crippen molar-refractivity contribution in [2.75, 3.05) is 6.61 Å². The van der Waals surface area contributed by atoms with Crippen LogP contribution in [0.15, 0.2) is 53.6 Å². The summed E-state index contributed by atoms with van der Waals surface area (Å²) in [6.07, 6.45) is 5.52. The van der Waals surface area contributed by atoms with Gasteiger partial charge in [-0.25, -0.2) is 9.48 Å². The molecular formula is C22H25N5O3. The normalized spacial score (nSPS) is 15.8. The van der Waals surface area contributed by atoms with Crippen LogP contribution in [0.3, 0.4) is 0 Å². The maximum Gasteiger partial charge on any atom is 0.346 e. The number of amides is 1. The zero-order valence-electron chi connectivity index (χ0n) is 17.0. The SMILES string of the molecule is CCOc1ccc(C(=O)NC2CCc3nn(Cc4cccnc4)c(=O)n3CC2)cc1. The Labute approximate surface area is 174 Å². The number of benzene rings is 1. The third-order valence-corrected chi connectivity index (χ3v) is 5.23. The molecule has 1 unspecified atom stereocenters. The molecule has 0 saturated heterocycles. The summed E-state index contributed by atoms with van der Waals surface area (Å²) >= 11 is 0. The van der Waals surface area contributed by atoms with E-state index in [2.05, 4.69) is 15.4 Å². The number of ether oxygens (including phenoxy) is 1. The number of fused-ring (bicyclic) bond motifs is 1. The molecule has 2 aromatic heterocycles. The third-order valence-electron chi connectivity index (χ3n) is 5.23. The fraction of sp³-hybridized carbons (Fsp3) is 0.364. The first kappa shape index (κ1) is 19.9. The highest BCUT2D eigenvalue weighted by molar-refractivity contribution is 5.94. The third kappa shape index (κ3) is 4.42. The van der Waals surface area contributed by atoms with Crippen molar-refractivity contribution in [3.05, 3.63) is 76.2 Å². The van der Waals surface area contributed by atoms with Crippen molar-refractivity contribution >= 4 is 5.91 Å². The van der Waals surface area contributed by atoms with E-state index >= 15 is 0 Å². The van der Waals surface area contributed by atoms with E-state index in [0.29, 0.717) is 38.1 Å². The van der Waals surface area contributed by atoms with Crippen molar-refractivity contribution in [1.29, 1.82) is 0 Å². The number of aromatic nitrogens is 4. The topological polar surface area (TPSA) is 91.0 Å². The molecule has 30 heavy (non-hydrogen) atoms. The highest BCUT2D eigenvalue weighted by Crippen LogP contribution is 2.15. The van der Waals surface area contributed by atoms with Crippen LogP contribution < -0.4 is 15.7 Å². The second-order valence-electron chi connectivity index (χ2n) is 7.32. The van der Waals surface area contributed by atoms with Gasteiger partial charge in [0, 0.05) is 37.0 Å². The van der Waals surface area contributed by atoms with Gasteiger partial charge >= 0.3 is 5.69 Å². The highest BCUT2D eigenvalue weighted by atomic mass is 16.5. The Morgan fingerprint density at radius 1 is 1.23 bits per heavy atom. The van der Waals surface area contributed by atoms with Gasteiger partial charge in [0.25, 0.3) is 5.91 Å². The van der Waals surface area contributed by atoms with Crippen LogP contribution in [0, 0.1) is 0 Å². The van der Waals surface area contributed by atoms with E-state index in [-0.39, 0.29) is 17.6 Å².